The Morgan fingerprint density at radius 2 is 1.56 bits per heavy atom. The summed E-state index contributed by atoms with van der Waals surface area (Å²) < 4.78 is 0. The van der Waals surface area contributed by atoms with Crippen LogP contribution in [0.25, 0.3) is 0 Å². The van der Waals surface area contributed by atoms with Crippen molar-refractivity contribution in [2.24, 2.45) is 0 Å². The lowest BCUT2D eigenvalue weighted by Crippen LogP contribution is -2.01. The minimum absolute atomic E-state index is 0.0771. The van der Waals surface area contributed by atoms with E-state index in [1.807, 2.05) is 6.07 Å². The highest BCUT2D eigenvalue weighted by Crippen LogP contribution is 2.16. The molecule has 6 nitrogen and oxygen atoms in total. The van der Waals surface area contributed by atoms with Crippen molar-refractivity contribution in [3.63, 3.8) is 0 Å². The van der Waals surface area contributed by atoms with E-state index in [2.05, 4.69) is 6.92 Å². The topological polar surface area (TPSA) is 97.5 Å². The van der Waals surface area contributed by atoms with E-state index >= 15 is 0 Å². The molecular weight excluding hydrogens is 346 g/mol. The molecule has 0 saturated heterocycles. The maximum atomic E-state index is 12.0. The number of nitro benzene ring substituents is 1. The summed E-state index contributed by atoms with van der Waals surface area (Å²) in [4.78, 5) is 32.1. The molecule has 2 aromatic carbocycles. The SMILES string of the molecule is CCCCCCCC(=O)O.O=C(c1ccccc1)c1cccc([N+](=O)[O-])c1. The van der Waals surface area contributed by atoms with Gasteiger partial charge in [0.05, 0.1) is 4.92 Å². The van der Waals surface area contributed by atoms with Gasteiger partial charge in [-0.1, -0.05) is 75.1 Å². The molecule has 1 N–H and O–H groups in total. The molecule has 0 atom stereocenters. The van der Waals surface area contributed by atoms with Crippen molar-refractivity contribution in [2.45, 2.75) is 45.4 Å². The van der Waals surface area contributed by atoms with Crippen molar-refractivity contribution in [1.29, 1.82) is 0 Å². The van der Waals surface area contributed by atoms with Gasteiger partial charge in [0, 0.05) is 29.7 Å². The van der Waals surface area contributed by atoms with Gasteiger partial charge < -0.3 is 5.11 Å². The van der Waals surface area contributed by atoms with Crippen molar-refractivity contribution >= 4 is 17.4 Å². The van der Waals surface area contributed by atoms with Crippen LogP contribution in [-0.2, 0) is 4.79 Å². The molecule has 0 aliphatic carbocycles. The molecule has 0 heterocycles. The second kappa shape index (κ2) is 12.4. The van der Waals surface area contributed by atoms with Crippen LogP contribution in [0, 0.1) is 10.1 Å². The number of non-ortho nitro benzene ring substituents is 1. The number of hydrogen-bond donors (Lipinski definition) is 1. The van der Waals surface area contributed by atoms with Crippen LogP contribution < -0.4 is 0 Å². The van der Waals surface area contributed by atoms with Crippen LogP contribution in [0.5, 0.6) is 0 Å². The maximum Gasteiger partial charge on any atom is 0.303 e. The molecule has 27 heavy (non-hydrogen) atoms. The van der Waals surface area contributed by atoms with Crippen LogP contribution in [0.1, 0.15) is 61.4 Å². The van der Waals surface area contributed by atoms with Crippen LogP contribution in [0.2, 0.25) is 0 Å². The third-order valence-corrected chi connectivity index (χ3v) is 3.85. The summed E-state index contributed by atoms with van der Waals surface area (Å²) in [5.74, 6) is -0.884. The molecule has 0 aromatic heterocycles. The molecular formula is C21H25NO5. The molecule has 0 aliphatic heterocycles. The fourth-order valence-corrected chi connectivity index (χ4v) is 2.40. The van der Waals surface area contributed by atoms with Gasteiger partial charge in [0.1, 0.15) is 0 Å². The highest BCUT2D eigenvalue weighted by atomic mass is 16.6. The Kier molecular flexibility index (Phi) is 10.1. The Hall–Kier alpha value is -3.02. The van der Waals surface area contributed by atoms with Gasteiger partial charge in [-0.15, -0.1) is 0 Å². The molecule has 0 amide bonds. The smallest absolute Gasteiger partial charge is 0.303 e. The summed E-state index contributed by atoms with van der Waals surface area (Å²) in [6.07, 6.45) is 5.88. The number of unbranched alkanes of at least 4 members (excludes halogenated alkanes) is 4. The number of aliphatic carboxylic acids is 1. The molecule has 0 radical (unpaired) electrons. The summed E-state index contributed by atoms with van der Waals surface area (Å²) in [5, 5.41) is 18.9. The number of carboxylic acids is 1. The van der Waals surface area contributed by atoms with Crippen LogP contribution in [0.3, 0.4) is 0 Å². The summed E-state index contributed by atoms with van der Waals surface area (Å²) in [7, 11) is 0. The van der Waals surface area contributed by atoms with Crippen LogP contribution in [0.4, 0.5) is 5.69 Å². The average molecular weight is 371 g/mol. The minimum atomic E-state index is -0.670. The van der Waals surface area contributed by atoms with Crippen LogP contribution in [-0.4, -0.2) is 21.8 Å². The molecule has 0 bridgehead atoms. The lowest BCUT2D eigenvalue weighted by Gasteiger charge is -2.00. The monoisotopic (exact) mass is 371 g/mol. The Bertz CT molecular complexity index is 743. The maximum absolute atomic E-state index is 12.0. The number of ketones is 1. The zero-order valence-corrected chi connectivity index (χ0v) is 15.5. The lowest BCUT2D eigenvalue weighted by atomic mass is 10.0. The molecule has 144 valence electrons. The van der Waals surface area contributed by atoms with Gasteiger partial charge in [-0.2, -0.15) is 0 Å². The largest absolute Gasteiger partial charge is 0.481 e. The normalized spacial score (nSPS) is 9.81. The van der Waals surface area contributed by atoms with E-state index in [9.17, 15) is 19.7 Å². The fourth-order valence-electron chi connectivity index (χ4n) is 2.40. The van der Waals surface area contributed by atoms with E-state index in [1.54, 1.807) is 30.3 Å². The number of benzene rings is 2. The van der Waals surface area contributed by atoms with E-state index in [-0.39, 0.29) is 11.5 Å². The van der Waals surface area contributed by atoms with E-state index in [1.165, 1.54) is 37.5 Å². The van der Waals surface area contributed by atoms with E-state index < -0.39 is 10.9 Å². The van der Waals surface area contributed by atoms with Crippen LogP contribution >= 0.6 is 0 Å². The summed E-state index contributed by atoms with van der Waals surface area (Å²) in [6.45, 7) is 2.15. The number of hydrogen-bond acceptors (Lipinski definition) is 4. The first-order valence-corrected chi connectivity index (χ1v) is 9.01. The molecule has 0 aliphatic rings. The first-order chi connectivity index (χ1) is 13.0. The summed E-state index contributed by atoms with van der Waals surface area (Å²) >= 11 is 0. The zero-order valence-electron chi connectivity index (χ0n) is 15.5. The van der Waals surface area contributed by atoms with Crippen molar-refractivity contribution in [3.8, 4) is 0 Å². The third kappa shape index (κ3) is 8.76. The van der Waals surface area contributed by atoms with Gasteiger partial charge in [0.25, 0.3) is 5.69 Å². The Labute approximate surface area is 159 Å². The quantitative estimate of drug-likeness (QED) is 0.281. The highest BCUT2D eigenvalue weighted by Gasteiger charge is 2.12. The number of rotatable bonds is 9. The van der Waals surface area contributed by atoms with E-state index in [0.717, 1.165) is 12.8 Å². The number of nitro groups is 1. The van der Waals surface area contributed by atoms with E-state index in [0.29, 0.717) is 17.5 Å². The molecule has 2 rings (SSSR count). The first-order valence-electron chi connectivity index (χ1n) is 9.01. The van der Waals surface area contributed by atoms with Gasteiger partial charge >= 0.3 is 5.97 Å². The van der Waals surface area contributed by atoms with Crippen LogP contribution in [0.15, 0.2) is 54.6 Å². The van der Waals surface area contributed by atoms with Gasteiger partial charge in [0.2, 0.25) is 0 Å². The first kappa shape index (κ1) is 22.0. The molecule has 0 unspecified atom stereocenters. The predicted molar refractivity (Wildman–Crippen MR) is 104 cm³/mol. The second-order valence-electron chi connectivity index (χ2n) is 6.06. The van der Waals surface area contributed by atoms with Crippen molar-refractivity contribution in [2.75, 3.05) is 0 Å². The van der Waals surface area contributed by atoms with Crippen molar-refractivity contribution < 1.29 is 19.6 Å². The van der Waals surface area contributed by atoms with Gasteiger partial charge in [-0.3, -0.25) is 19.7 Å². The Morgan fingerprint density at radius 1 is 0.926 bits per heavy atom. The average Bonchev–Trinajstić information content (AvgIpc) is 2.68. The minimum Gasteiger partial charge on any atom is -0.481 e. The molecule has 2 aromatic rings. The molecule has 0 fully saturated rings. The van der Waals surface area contributed by atoms with Gasteiger partial charge in [-0.25, -0.2) is 0 Å². The molecule has 0 spiro atoms. The van der Waals surface area contributed by atoms with Gasteiger partial charge in [-0.05, 0) is 6.42 Å². The third-order valence-electron chi connectivity index (χ3n) is 3.85. The number of carbonyl (C=O) groups excluding carboxylic acids is 1. The zero-order chi connectivity index (χ0) is 20.1. The number of carboxylic acid groups (broad SMARTS) is 1. The molecule has 6 heteroatoms. The predicted octanol–water partition coefficient (Wildman–Crippen LogP) is 5.26. The van der Waals surface area contributed by atoms with E-state index in [4.69, 9.17) is 5.11 Å². The second-order valence-corrected chi connectivity index (χ2v) is 6.06. The standard InChI is InChI=1S/C13H9NO3.C8H16O2/c15-13(10-5-2-1-3-6-10)11-7-4-8-12(9-11)14(16)17;1-2-3-4-5-6-7-8(9)10/h1-9H;2-7H2,1H3,(H,9,10). The summed E-state index contributed by atoms with van der Waals surface area (Å²) in [6, 6.07) is 14.4. The van der Waals surface area contributed by atoms with Crippen molar-refractivity contribution in [3.05, 3.63) is 75.8 Å². The Balaban J connectivity index is 0.000000314. The van der Waals surface area contributed by atoms with Crippen molar-refractivity contribution in [1.82, 2.24) is 0 Å². The highest BCUT2D eigenvalue weighted by molar-refractivity contribution is 6.09. The molecule has 0 saturated carbocycles. The lowest BCUT2D eigenvalue weighted by molar-refractivity contribution is -0.384. The Morgan fingerprint density at radius 3 is 2.15 bits per heavy atom. The fraction of sp³-hybridized carbons (Fsp3) is 0.333. The van der Waals surface area contributed by atoms with Gasteiger partial charge in [0.15, 0.2) is 5.78 Å². The summed E-state index contributed by atoms with van der Waals surface area (Å²) in [5.41, 5.74) is 0.769. The number of nitrogens with zero attached hydrogens (tertiary/aromatic N) is 1. The number of carbonyl (C=O) groups is 2.